The number of rotatable bonds is 4. The summed E-state index contributed by atoms with van der Waals surface area (Å²) in [5.41, 5.74) is 1.76. The van der Waals surface area contributed by atoms with E-state index in [4.69, 9.17) is 9.26 Å². The van der Waals surface area contributed by atoms with Crippen LogP contribution in [0.25, 0.3) is 0 Å². The number of fused-ring (bicyclic) bond motifs is 1. The van der Waals surface area contributed by atoms with E-state index in [1.54, 1.807) is 25.1 Å². The molecule has 0 saturated heterocycles. The van der Waals surface area contributed by atoms with Crippen molar-refractivity contribution in [3.8, 4) is 0 Å². The van der Waals surface area contributed by atoms with Crippen LogP contribution in [-0.4, -0.2) is 36.8 Å². The maximum atomic E-state index is 12.1. The molecule has 1 aliphatic heterocycles. The first-order valence-corrected chi connectivity index (χ1v) is 9.19. The Morgan fingerprint density at radius 1 is 1.46 bits per heavy atom. The maximum Gasteiger partial charge on any atom is 0.338 e. The van der Waals surface area contributed by atoms with Crippen LogP contribution in [0.2, 0.25) is 0 Å². The highest BCUT2D eigenvalue weighted by Gasteiger charge is 2.32. The topological polar surface area (TPSA) is 103 Å². The first-order chi connectivity index (χ1) is 11.3. The predicted molar refractivity (Wildman–Crippen MR) is 85.1 cm³/mol. The van der Waals surface area contributed by atoms with Gasteiger partial charge >= 0.3 is 5.97 Å². The van der Waals surface area contributed by atoms with E-state index in [1.165, 1.54) is 10.6 Å². The number of aryl methyl sites for hydroxylation is 1. The molecule has 2 heterocycles. The minimum Gasteiger partial charge on any atom is -0.452 e. The van der Waals surface area contributed by atoms with Crippen LogP contribution in [0.1, 0.15) is 34.6 Å². The van der Waals surface area contributed by atoms with Crippen LogP contribution in [0.15, 0.2) is 22.7 Å². The number of hydrogen-bond donors (Lipinski definition) is 0. The number of aromatic nitrogens is 2. The van der Waals surface area contributed by atoms with Crippen molar-refractivity contribution in [2.45, 2.75) is 32.9 Å². The Kier molecular flexibility index (Phi) is 4.04. The van der Waals surface area contributed by atoms with Gasteiger partial charge < -0.3 is 9.26 Å². The van der Waals surface area contributed by atoms with Crippen molar-refractivity contribution < 1.29 is 22.5 Å². The fourth-order valence-corrected chi connectivity index (χ4v) is 4.11. The number of ether oxygens (including phenoxy) is 1. The molecular formula is C15H17N3O5S. The Hall–Kier alpha value is -2.42. The van der Waals surface area contributed by atoms with Crippen molar-refractivity contribution in [3.63, 3.8) is 0 Å². The lowest BCUT2D eigenvalue weighted by molar-refractivity contribution is 0.0429. The van der Waals surface area contributed by atoms with Gasteiger partial charge in [-0.1, -0.05) is 5.16 Å². The second-order valence-electron chi connectivity index (χ2n) is 5.77. The van der Waals surface area contributed by atoms with E-state index in [0.717, 1.165) is 5.56 Å². The molecule has 0 spiro atoms. The van der Waals surface area contributed by atoms with Crippen LogP contribution in [0.3, 0.4) is 0 Å². The zero-order valence-electron chi connectivity index (χ0n) is 13.5. The van der Waals surface area contributed by atoms with E-state index in [2.05, 4.69) is 10.1 Å². The molecule has 1 aromatic heterocycles. The summed E-state index contributed by atoms with van der Waals surface area (Å²) < 4.78 is 35.2. The van der Waals surface area contributed by atoms with Gasteiger partial charge in [0.1, 0.15) is 0 Å². The molecule has 0 saturated carbocycles. The summed E-state index contributed by atoms with van der Waals surface area (Å²) in [6, 6.07) is 4.67. The fourth-order valence-electron chi connectivity index (χ4n) is 2.84. The smallest absolute Gasteiger partial charge is 0.338 e. The Morgan fingerprint density at radius 3 is 2.83 bits per heavy atom. The zero-order chi connectivity index (χ0) is 17.5. The van der Waals surface area contributed by atoms with Crippen molar-refractivity contribution >= 4 is 21.7 Å². The van der Waals surface area contributed by atoms with E-state index in [0.29, 0.717) is 23.5 Å². The Bertz CT molecular complexity index is 890. The number of anilines is 1. The standard InChI is InChI=1S/C15H17N3O5S/c1-9-6-12-7-11(4-5-13(12)18(9)24(3,20)21)15(19)22-8-14-16-10(2)17-23-14/h4-5,7,9H,6,8H2,1-3H3. The molecule has 8 nitrogen and oxygen atoms in total. The third kappa shape index (κ3) is 3.12. The first kappa shape index (κ1) is 16.4. The molecule has 2 aromatic rings. The molecule has 24 heavy (non-hydrogen) atoms. The van der Waals surface area contributed by atoms with E-state index < -0.39 is 16.0 Å². The largest absolute Gasteiger partial charge is 0.452 e. The normalized spacial score (nSPS) is 17.0. The van der Waals surface area contributed by atoms with Gasteiger partial charge in [0, 0.05) is 6.04 Å². The number of benzene rings is 1. The molecule has 1 atom stereocenters. The number of carbonyl (C=O) groups excluding carboxylic acids is 1. The summed E-state index contributed by atoms with van der Waals surface area (Å²) in [5.74, 6) is 0.159. The number of hydrogen-bond acceptors (Lipinski definition) is 7. The second kappa shape index (κ2) is 5.90. The third-order valence-corrected chi connectivity index (χ3v) is 4.99. The van der Waals surface area contributed by atoms with Crippen molar-refractivity contribution in [1.29, 1.82) is 0 Å². The Balaban J connectivity index is 1.77. The average Bonchev–Trinajstić information content (AvgIpc) is 3.05. The molecule has 1 aromatic carbocycles. The minimum absolute atomic E-state index is 0.109. The SMILES string of the molecule is Cc1noc(COC(=O)c2ccc3c(c2)CC(C)N3S(C)(=O)=O)n1. The van der Waals surface area contributed by atoms with Crippen LogP contribution >= 0.6 is 0 Å². The molecule has 0 radical (unpaired) electrons. The molecule has 3 rings (SSSR count). The van der Waals surface area contributed by atoms with Gasteiger partial charge in [-0.2, -0.15) is 4.98 Å². The number of sulfonamides is 1. The van der Waals surface area contributed by atoms with E-state index >= 15 is 0 Å². The van der Waals surface area contributed by atoms with Gasteiger partial charge in [0.15, 0.2) is 12.4 Å². The van der Waals surface area contributed by atoms with Crippen LogP contribution < -0.4 is 4.31 Å². The molecule has 1 aliphatic rings. The lowest BCUT2D eigenvalue weighted by Crippen LogP contribution is -2.34. The highest BCUT2D eigenvalue weighted by atomic mass is 32.2. The van der Waals surface area contributed by atoms with Crippen molar-refractivity contribution in [1.82, 2.24) is 10.1 Å². The van der Waals surface area contributed by atoms with E-state index in [1.807, 2.05) is 6.92 Å². The van der Waals surface area contributed by atoms with E-state index in [9.17, 15) is 13.2 Å². The van der Waals surface area contributed by atoms with E-state index in [-0.39, 0.29) is 18.5 Å². The molecule has 0 amide bonds. The summed E-state index contributed by atoms with van der Waals surface area (Å²) in [5, 5.41) is 3.61. The summed E-state index contributed by atoms with van der Waals surface area (Å²) in [6.07, 6.45) is 1.72. The first-order valence-electron chi connectivity index (χ1n) is 7.34. The predicted octanol–water partition coefficient (Wildman–Crippen LogP) is 1.45. The maximum absolute atomic E-state index is 12.1. The third-order valence-electron chi connectivity index (χ3n) is 3.72. The van der Waals surface area contributed by atoms with Crippen LogP contribution in [0.4, 0.5) is 5.69 Å². The van der Waals surface area contributed by atoms with Crippen LogP contribution in [0, 0.1) is 6.92 Å². The lowest BCUT2D eigenvalue weighted by Gasteiger charge is -2.21. The zero-order valence-corrected chi connectivity index (χ0v) is 14.3. The van der Waals surface area contributed by atoms with Gasteiger partial charge in [-0.15, -0.1) is 0 Å². The quantitative estimate of drug-likeness (QED) is 0.768. The molecule has 0 N–H and O–H groups in total. The minimum atomic E-state index is -3.35. The number of carbonyl (C=O) groups is 1. The van der Waals surface area contributed by atoms with Crippen molar-refractivity contribution in [2.24, 2.45) is 0 Å². The highest BCUT2D eigenvalue weighted by Crippen LogP contribution is 2.34. The second-order valence-corrected chi connectivity index (χ2v) is 7.63. The van der Waals surface area contributed by atoms with Crippen molar-refractivity contribution in [2.75, 3.05) is 10.6 Å². The summed E-state index contributed by atoms with van der Waals surface area (Å²) in [7, 11) is -3.35. The van der Waals surface area contributed by atoms with Gasteiger partial charge in [-0.3, -0.25) is 4.31 Å². The van der Waals surface area contributed by atoms with Crippen molar-refractivity contribution in [3.05, 3.63) is 41.0 Å². The molecule has 0 aliphatic carbocycles. The Labute approximate surface area is 139 Å². The molecule has 0 fully saturated rings. The van der Waals surface area contributed by atoms with Gasteiger partial charge in [-0.05, 0) is 44.0 Å². The number of esters is 1. The molecule has 9 heteroatoms. The molecular weight excluding hydrogens is 334 g/mol. The molecule has 128 valence electrons. The number of nitrogens with zero attached hydrogens (tertiary/aromatic N) is 3. The molecule has 0 bridgehead atoms. The fraction of sp³-hybridized carbons (Fsp3) is 0.400. The molecule has 1 unspecified atom stereocenters. The van der Waals surface area contributed by atoms with Gasteiger partial charge in [0.25, 0.3) is 5.89 Å². The summed E-state index contributed by atoms with van der Waals surface area (Å²) in [6.45, 7) is 3.39. The summed E-state index contributed by atoms with van der Waals surface area (Å²) >= 11 is 0. The van der Waals surface area contributed by atoms with Gasteiger partial charge in [0.05, 0.1) is 17.5 Å². The Morgan fingerprint density at radius 2 is 2.21 bits per heavy atom. The van der Waals surface area contributed by atoms with Gasteiger partial charge in [0.2, 0.25) is 10.0 Å². The summed E-state index contributed by atoms with van der Waals surface area (Å²) in [4.78, 5) is 16.1. The lowest BCUT2D eigenvalue weighted by atomic mass is 10.1. The van der Waals surface area contributed by atoms with Crippen LogP contribution in [-0.2, 0) is 27.8 Å². The van der Waals surface area contributed by atoms with Crippen LogP contribution in [0.5, 0.6) is 0 Å². The highest BCUT2D eigenvalue weighted by molar-refractivity contribution is 7.92. The van der Waals surface area contributed by atoms with Gasteiger partial charge in [-0.25, -0.2) is 13.2 Å². The monoisotopic (exact) mass is 351 g/mol. The average molecular weight is 351 g/mol.